The Balaban J connectivity index is 1.91. The molecule has 2 N–H and O–H groups in total. The zero-order chi connectivity index (χ0) is 14.9. The van der Waals surface area contributed by atoms with Gasteiger partial charge in [0.05, 0.1) is 26.0 Å². The molecule has 6 heteroatoms. The van der Waals surface area contributed by atoms with Crippen LogP contribution in [0.15, 0.2) is 23.3 Å². The average Bonchev–Trinajstić information content (AvgIpc) is 2.51. The maximum absolute atomic E-state index is 5.84. The van der Waals surface area contributed by atoms with Crippen LogP contribution in [-0.4, -0.2) is 57.2 Å². The summed E-state index contributed by atoms with van der Waals surface area (Å²) in [5.41, 5.74) is 0.890. The molecular formula is C15H23N3O3. The van der Waals surface area contributed by atoms with Gasteiger partial charge < -0.3 is 20.1 Å². The van der Waals surface area contributed by atoms with E-state index in [1.807, 2.05) is 25.1 Å². The molecule has 6 nitrogen and oxygen atoms in total. The lowest BCUT2D eigenvalue weighted by atomic mass is 10.2. The van der Waals surface area contributed by atoms with Crippen molar-refractivity contribution in [2.45, 2.75) is 6.92 Å². The van der Waals surface area contributed by atoms with Crippen LogP contribution in [0.5, 0.6) is 11.5 Å². The molecule has 1 aliphatic heterocycles. The molecule has 0 aromatic heterocycles. The number of hydrogen-bond acceptors (Lipinski definition) is 6. The number of nitrogens with zero attached hydrogens (tertiary/aromatic N) is 2. The van der Waals surface area contributed by atoms with Gasteiger partial charge in [0.25, 0.3) is 0 Å². The zero-order valence-corrected chi connectivity index (χ0v) is 12.5. The fraction of sp³-hybridized carbons (Fsp3) is 0.533. The van der Waals surface area contributed by atoms with E-state index in [1.54, 1.807) is 6.21 Å². The standard InChI is InChI=1S/C15H23N3O3/c1-2-20-15-11-13(12-17-16)3-4-14(15)21-10-7-18-5-8-19-9-6-18/h3-4,11-12H,2,5-10,16H2,1H3. The Morgan fingerprint density at radius 3 is 2.81 bits per heavy atom. The van der Waals surface area contributed by atoms with Gasteiger partial charge in [-0.1, -0.05) is 0 Å². The van der Waals surface area contributed by atoms with Crippen LogP contribution in [0.3, 0.4) is 0 Å². The van der Waals surface area contributed by atoms with Gasteiger partial charge in [0, 0.05) is 19.6 Å². The summed E-state index contributed by atoms with van der Waals surface area (Å²) in [5.74, 6) is 6.64. The van der Waals surface area contributed by atoms with E-state index < -0.39 is 0 Å². The first kappa shape index (κ1) is 15.6. The molecule has 21 heavy (non-hydrogen) atoms. The number of hydrazone groups is 1. The van der Waals surface area contributed by atoms with Gasteiger partial charge in [0.15, 0.2) is 11.5 Å². The summed E-state index contributed by atoms with van der Waals surface area (Å²) in [7, 11) is 0. The molecule has 0 spiro atoms. The highest BCUT2D eigenvalue weighted by Gasteiger charge is 2.11. The van der Waals surface area contributed by atoms with Crippen molar-refractivity contribution in [3.63, 3.8) is 0 Å². The van der Waals surface area contributed by atoms with Crippen LogP contribution in [0.1, 0.15) is 12.5 Å². The lowest BCUT2D eigenvalue weighted by molar-refractivity contribution is 0.0321. The molecular weight excluding hydrogens is 270 g/mol. The maximum Gasteiger partial charge on any atom is 0.161 e. The summed E-state index contributed by atoms with van der Waals surface area (Å²) in [4.78, 5) is 2.33. The summed E-state index contributed by atoms with van der Waals surface area (Å²) >= 11 is 0. The van der Waals surface area contributed by atoms with Crippen molar-refractivity contribution >= 4 is 6.21 Å². The lowest BCUT2D eigenvalue weighted by Gasteiger charge is -2.26. The summed E-state index contributed by atoms with van der Waals surface area (Å²) < 4.78 is 16.8. The largest absolute Gasteiger partial charge is 0.490 e. The van der Waals surface area contributed by atoms with E-state index in [4.69, 9.17) is 20.1 Å². The number of rotatable bonds is 7. The Bertz CT molecular complexity index is 459. The molecule has 0 radical (unpaired) electrons. The molecule has 1 aromatic carbocycles. The van der Waals surface area contributed by atoms with Gasteiger partial charge in [-0.25, -0.2) is 0 Å². The predicted molar refractivity (Wildman–Crippen MR) is 82.1 cm³/mol. The third kappa shape index (κ3) is 4.91. The molecule has 0 saturated carbocycles. The van der Waals surface area contributed by atoms with Crippen molar-refractivity contribution in [1.82, 2.24) is 4.90 Å². The number of nitrogens with two attached hydrogens (primary N) is 1. The summed E-state index contributed by atoms with van der Waals surface area (Å²) in [6, 6.07) is 5.67. The lowest BCUT2D eigenvalue weighted by Crippen LogP contribution is -2.38. The van der Waals surface area contributed by atoms with Crippen LogP contribution >= 0.6 is 0 Å². The van der Waals surface area contributed by atoms with E-state index >= 15 is 0 Å². The molecule has 1 aromatic rings. The molecule has 0 amide bonds. The number of morpholine rings is 1. The molecule has 0 unspecified atom stereocenters. The minimum Gasteiger partial charge on any atom is -0.490 e. The van der Waals surface area contributed by atoms with Crippen molar-refractivity contribution in [3.05, 3.63) is 23.8 Å². The summed E-state index contributed by atoms with van der Waals surface area (Å²) in [6.45, 7) is 7.59. The highest BCUT2D eigenvalue weighted by Crippen LogP contribution is 2.28. The number of hydrogen-bond donors (Lipinski definition) is 1. The number of benzene rings is 1. The van der Waals surface area contributed by atoms with Crippen molar-refractivity contribution in [2.24, 2.45) is 10.9 Å². The summed E-state index contributed by atoms with van der Waals surface area (Å²) in [5, 5.41) is 3.52. The SMILES string of the molecule is CCOc1cc(C=NN)ccc1OCCN1CCOCC1. The second-order valence-electron chi connectivity index (χ2n) is 4.72. The monoisotopic (exact) mass is 293 g/mol. The number of ether oxygens (including phenoxy) is 3. The normalized spacial score (nSPS) is 16.2. The second-order valence-corrected chi connectivity index (χ2v) is 4.72. The van der Waals surface area contributed by atoms with Crippen LogP contribution in [-0.2, 0) is 4.74 Å². The molecule has 0 atom stereocenters. The molecule has 1 saturated heterocycles. The van der Waals surface area contributed by atoms with Gasteiger partial charge in [-0.2, -0.15) is 5.10 Å². The van der Waals surface area contributed by atoms with Crippen LogP contribution in [0.4, 0.5) is 0 Å². The van der Waals surface area contributed by atoms with Gasteiger partial charge >= 0.3 is 0 Å². The Hall–Kier alpha value is -1.79. The smallest absolute Gasteiger partial charge is 0.161 e. The fourth-order valence-corrected chi connectivity index (χ4v) is 2.19. The van der Waals surface area contributed by atoms with Crippen molar-refractivity contribution in [3.8, 4) is 11.5 Å². The maximum atomic E-state index is 5.84. The molecule has 2 rings (SSSR count). The van der Waals surface area contributed by atoms with Crippen molar-refractivity contribution in [1.29, 1.82) is 0 Å². The molecule has 1 aliphatic rings. The third-order valence-electron chi connectivity index (χ3n) is 3.26. The second kappa shape index (κ2) is 8.49. The van der Waals surface area contributed by atoms with Gasteiger partial charge in [-0.15, -0.1) is 0 Å². The van der Waals surface area contributed by atoms with Crippen LogP contribution in [0.2, 0.25) is 0 Å². The van der Waals surface area contributed by atoms with Crippen LogP contribution in [0.25, 0.3) is 0 Å². The average molecular weight is 293 g/mol. The Labute approximate surface area is 125 Å². The third-order valence-corrected chi connectivity index (χ3v) is 3.26. The molecule has 1 heterocycles. The van der Waals surface area contributed by atoms with E-state index in [9.17, 15) is 0 Å². The van der Waals surface area contributed by atoms with Gasteiger partial charge in [0.1, 0.15) is 6.61 Å². The van der Waals surface area contributed by atoms with Crippen molar-refractivity contribution < 1.29 is 14.2 Å². The minimum atomic E-state index is 0.586. The highest BCUT2D eigenvalue weighted by atomic mass is 16.5. The van der Waals surface area contributed by atoms with Gasteiger partial charge in [-0.3, -0.25) is 4.90 Å². The van der Waals surface area contributed by atoms with E-state index in [0.29, 0.717) is 13.2 Å². The van der Waals surface area contributed by atoms with E-state index in [-0.39, 0.29) is 0 Å². The van der Waals surface area contributed by atoms with Gasteiger partial charge in [-0.05, 0) is 30.7 Å². The molecule has 0 bridgehead atoms. The molecule has 1 fully saturated rings. The first-order valence-corrected chi connectivity index (χ1v) is 7.26. The Morgan fingerprint density at radius 2 is 2.10 bits per heavy atom. The van der Waals surface area contributed by atoms with E-state index in [1.165, 1.54) is 0 Å². The Morgan fingerprint density at radius 1 is 1.29 bits per heavy atom. The first-order valence-electron chi connectivity index (χ1n) is 7.26. The van der Waals surface area contributed by atoms with Crippen LogP contribution < -0.4 is 15.3 Å². The van der Waals surface area contributed by atoms with Crippen molar-refractivity contribution in [2.75, 3.05) is 46.1 Å². The topological polar surface area (TPSA) is 69.3 Å². The Kier molecular flexibility index (Phi) is 6.30. The predicted octanol–water partition coefficient (Wildman–Crippen LogP) is 1.09. The highest BCUT2D eigenvalue weighted by molar-refractivity contribution is 5.80. The fourth-order valence-electron chi connectivity index (χ4n) is 2.19. The first-order chi connectivity index (χ1) is 10.3. The van der Waals surface area contributed by atoms with Gasteiger partial charge in [0.2, 0.25) is 0 Å². The molecule has 0 aliphatic carbocycles. The minimum absolute atomic E-state index is 0.586. The molecule has 116 valence electrons. The summed E-state index contributed by atoms with van der Waals surface area (Å²) in [6.07, 6.45) is 1.58. The van der Waals surface area contributed by atoms with Crippen LogP contribution in [0, 0.1) is 0 Å². The van der Waals surface area contributed by atoms with E-state index in [0.717, 1.165) is 49.9 Å². The quantitative estimate of drug-likeness (QED) is 0.463. The zero-order valence-electron chi connectivity index (χ0n) is 12.5. The van der Waals surface area contributed by atoms with E-state index in [2.05, 4.69) is 10.0 Å².